The average molecular weight is 993 g/mol. The molecule has 0 saturated carbocycles. The van der Waals surface area contributed by atoms with Crippen LogP contribution in [0.5, 0.6) is 0 Å². The van der Waals surface area contributed by atoms with E-state index in [4.69, 9.17) is 36.9 Å². The topological polar surface area (TPSA) is 118 Å². The lowest BCUT2D eigenvalue weighted by molar-refractivity contribution is -0.144. The van der Waals surface area contributed by atoms with Crippen molar-refractivity contribution in [2.24, 2.45) is 11.8 Å². The van der Waals surface area contributed by atoms with Crippen LogP contribution in [0.3, 0.4) is 0 Å². The minimum absolute atomic E-state index is 0.00813. The van der Waals surface area contributed by atoms with Crippen molar-refractivity contribution in [3.05, 3.63) is 120 Å². The van der Waals surface area contributed by atoms with E-state index in [1.54, 1.807) is 12.5 Å². The molecule has 4 aromatic rings. The zero-order chi connectivity index (χ0) is 50.5. The Morgan fingerprint density at radius 3 is 2.00 bits per heavy atom. The summed E-state index contributed by atoms with van der Waals surface area (Å²) in [5.74, 6) is 1.42. The maximum absolute atomic E-state index is 10.1. The van der Waals surface area contributed by atoms with Gasteiger partial charge in [0.15, 0.2) is 5.89 Å². The Morgan fingerprint density at radius 2 is 1.43 bits per heavy atom. The zero-order valence-electron chi connectivity index (χ0n) is 44.5. The van der Waals surface area contributed by atoms with Gasteiger partial charge in [-0.25, -0.2) is 9.97 Å². The first-order valence-corrected chi connectivity index (χ1v) is 30.2. The van der Waals surface area contributed by atoms with Crippen LogP contribution in [0, 0.1) is 18.8 Å². The van der Waals surface area contributed by atoms with Crippen molar-refractivity contribution in [1.82, 2.24) is 9.97 Å². The highest BCUT2D eigenvalue weighted by atomic mass is 28.4. The van der Waals surface area contributed by atoms with Crippen LogP contribution in [0.25, 0.3) is 12.2 Å². The van der Waals surface area contributed by atoms with E-state index in [-0.39, 0.29) is 72.3 Å². The van der Waals surface area contributed by atoms with Gasteiger partial charge in [-0.1, -0.05) is 155 Å². The first-order valence-electron chi connectivity index (χ1n) is 26.2. The fourth-order valence-electron chi connectivity index (χ4n) is 12.5. The number of nitrogens with zero attached hydrogens (tertiary/aromatic N) is 2. The molecule has 3 aliphatic heterocycles. The molecule has 5 heterocycles. The first kappa shape index (κ1) is 54.1. The second-order valence-electron chi connectivity index (χ2n) is 22.7. The molecule has 3 saturated heterocycles. The number of aryl methyl sites for hydroxylation is 1. The molecule has 2 aromatic carbocycles. The third kappa shape index (κ3) is 11.9. The summed E-state index contributed by atoms with van der Waals surface area (Å²) in [6.45, 7) is 34.0. The predicted octanol–water partition coefficient (Wildman–Crippen LogP) is 12.7. The molecule has 3 fully saturated rings. The number of aliphatic hydroxyl groups is 1. The van der Waals surface area contributed by atoms with Crippen molar-refractivity contribution in [2.75, 3.05) is 6.61 Å². The van der Waals surface area contributed by atoms with Gasteiger partial charge in [-0.15, -0.1) is 0 Å². The van der Waals surface area contributed by atoms with Gasteiger partial charge in [-0.05, 0) is 82.4 Å². The maximum atomic E-state index is 10.1. The molecule has 0 aliphatic carbocycles. The van der Waals surface area contributed by atoms with Crippen molar-refractivity contribution in [3.8, 4) is 0 Å². The molecule has 12 heteroatoms. The minimum atomic E-state index is -2.90. The fourth-order valence-corrected chi connectivity index (χ4v) is 23.0. The van der Waals surface area contributed by atoms with Crippen LogP contribution < -0.4 is 10.4 Å². The van der Waals surface area contributed by atoms with Crippen LogP contribution in [-0.2, 0) is 23.1 Å². The van der Waals surface area contributed by atoms with Crippen LogP contribution in [0.1, 0.15) is 151 Å². The SMILES string of the molecule is C=C1C[C@H](C[C@@H]2C[C@@H](O[Si](c3ccccc3)(c3ccccc3)C(C)(C)C)C[C@H](c3coc(/C=C/C[C@H]4O[C@@H](/C(C)=C/c5coc(C)n5)[C@H](C)[C@@H](O[Si](C(C)C)(C(C)C)C(C)C)[C@H]4C)n3)O2)O[C@@H](CO)C1. The largest absolute Gasteiger partial charge is 0.449 e. The Balaban J connectivity index is 1.16. The van der Waals surface area contributed by atoms with Crippen LogP contribution in [-0.4, -0.2) is 81.0 Å². The van der Waals surface area contributed by atoms with Crippen LogP contribution >= 0.6 is 0 Å². The molecule has 382 valence electrons. The first-order chi connectivity index (χ1) is 33.2. The molecule has 0 unspecified atom stereocenters. The highest BCUT2D eigenvalue weighted by molar-refractivity contribution is 6.99. The number of ether oxygens (including phenoxy) is 3. The van der Waals surface area contributed by atoms with E-state index >= 15 is 0 Å². The average Bonchev–Trinajstić information content (AvgIpc) is 3.97. The molecule has 0 amide bonds. The summed E-state index contributed by atoms with van der Waals surface area (Å²) < 4.78 is 47.8. The summed E-state index contributed by atoms with van der Waals surface area (Å²) >= 11 is 0. The highest BCUT2D eigenvalue weighted by Crippen LogP contribution is 2.48. The summed E-state index contributed by atoms with van der Waals surface area (Å²) in [4.78, 5) is 9.67. The van der Waals surface area contributed by atoms with Crippen LogP contribution in [0.15, 0.2) is 106 Å². The lowest BCUT2D eigenvalue weighted by atomic mass is 9.79. The summed E-state index contributed by atoms with van der Waals surface area (Å²) in [5, 5.41) is 12.4. The second-order valence-corrected chi connectivity index (χ2v) is 32.4. The molecular formula is C58H84N2O8Si2. The molecule has 7 rings (SSSR count). The number of hydrogen-bond acceptors (Lipinski definition) is 10. The van der Waals surface area contributed by atoms with Gasteiger partial charge in [-0.2, -0.15) is 0 Å². The molecular weight excluding hydrogens is 909 g/mol. The quantitative estimate of drug-likeness (QED) is 0.0762. The van der Waals surface area contributed by atoms with Gasteiger partial charge in [0, 0.05) is 31.6 Å². The van der Waals surface area contributed by atoms with Gasteiger partial charge in [0.25, 0.3) is 8.32 Å². The molecule has 10 atom stereocenters. The summed E-state index contributed by atoms with van der Waals surface area (Å²) in [6.07, 6.45) is 12.4. The number of rotatable bonds is 18. The Labute approximate surface area is 422 Å². The Morgan fingerprint density at radius 1 is 0.800 bits per heavy atom. The Hall–Kier alpha value is -3.73. The van der Waals surface area contributed by atoms with Crippen molar-refractivity contribution in [1.29, 1.82) is 0 Å². The normalized spacial score (nSPS) is 27.6. The van der Waals surface area contributed by atoms with E-state index in [0.29, 0.717) is 60.5 Å². The van der Waals surface area contributed by atoms with Crippen molar-refractivity contribution < 1.29 is 37.0 Å². The lowest BCUT2D eigenvalue weighted by Gasteiger charge is -2.52. The molecule has 70 heavy (non-hydrogen) atoms. The summed E-state index contributed by atoms with van der Waals surface area (Å²) in [7, 11) is -5.14. The van der Waals surface area contributed by atoms with E-state index < -0.39 is 16.6 Å². The van der Waals surface area contributed by atoms with Gasteiger partial charge >= 0.3 is 0 Å². The lowest BCUT2D eigenvalue weighted by Crippen LogP contribution is -2.68. The predicted molar refractivity (Wildman–Crippen MR) is 286 cm³/mol. The summed E-state index contributed by atoms with van der Waals surface area (Å²) in [5.41, 5.74) is 5.12. The van der Waals surface area contributed by atoms with Crippen molar-refractivity contribution >= 4 is 39.2 Å². The Bertz CT molecular complexity index is 2290. The molecule has 2 aromatic heterocycles. The smallest absolute Gasteiger partial charge is 0.261 e. The standard InChI is InChI=1S/C58H84N2O8Si2/c1-37(2)69(38(3)4,39(5)6)68-57-42(9)53(66-56(43(57)10)41(8)30-45-35-62-44(11)59-45)26-21-27-55-60-52(36-63-55)54-33-48(32-47(65-54)31-46-28-40(7)29-49(34-61)64-46)67-70(58(12,13)14,50-22-17-15-18-23-50)51-24-19-16-20-25-51/h15-25,27,30,35-39,42-43,46-49,53-54,56-57,61H,7,26,28-29,31-34H2,1-6,8-14H3/b27-21+,41-30+/t42-,43-,46+,47+,48+,49+,53+,54+,56-,57-/m0/s1. The van der Waals surface area contributed by atoms with Crippen LogP contribution in [0.4, 0.5) is 0 Å². The van der Waals surface area contributed by atoms with Crippen molar-refractivity contribution in [3.63, 3.8) is 0 Å². The molecule has 3 aliphatic rings. The van der Waals surface area contributed by atoms with E-state index in [0.717, 1.165) is 29.0 Å². The molecule has 0 spiro atoms. The van der Waals surface area contributed by atoms with Crippen molar-refractivity contribution in [2.45, 2.75) is 199 Å². The maximum Gasteiger partial charge on any atom is 0.261 e. The third-order valence-corrected chi connectivity index (χ3v) is 26.9. The van der Waals surface area contributed by atoms with E-state index in [2.05, 4.69) is 167 Å². The van der Waals surface area contributed by atoms with Gasteiger partial charge in [0.05, 0.1) is 49.3 Å². The molecule has 0 bridgehead atoms. The number of aromatic nitrogens is 2. The Kier molecular flexibility index (Phi) is 17.8. The van der Waals surface area contributed by atoms with Gasteiger partial charge in [0.1, 0.15) is 30.0 Å². The highest BCUT2D eigenvalue weighted by Gasteiger charge is 2.54. The number of benzene rings is 2. The molecule has 10 nitrogen and oxygen atoms in total. The van der Waals surface area contributed by atoms with Gasteiger partial charge in [0.2, 0.25) is 14.2 Å². The van der Waals surface area contributed by atoms with Crippen LogP contribution in [0.2, 0.25) is 21.7 Å². The number of aliphatic hydroxyl groups excluding tert-OH is 1. The number of oxazole rings is 2. The number of hydrogen-bond donors (Lipinski definition) is 1. The molecule has 0 radical (unpaired) electrons. The van der Waals surface area contributed by atoms with Gasteiger partial charge in [-0.3, -0.25) is 0 Å². The van der Waals surface area contributed by atoms with Gasteiger partial charge < -0.3 is 37.0 Å². The second kappa shape index (κ2) is 23.0. The minimum Gasteiger partial charge on any atom is -0.449 e. The van der Waals surface area contributed by atoms with E-state index in [9.17, 15) is 5.11 Å². The van der Waals surface area contributed by atoms with E-state index in [1.807, 2.05) is 13.0 Å². The third-order valence-electron chi connectivity index (χ3n) is 15.7. The summed E-state index contributed by atoms with van der Waals surface area (Å²) in [6, 6.07) is 21.7. The zero-order valence-corrected chi connectivity index (χ0v) is 46.5. The fraction of sp³-hybridized carbons (Fsp3) is 0.586. The molecule has 1 N–H and O–H groups in total. The monoisotopic (exact) mass is 993 g/mol. The van der Waals surface area contributed by atoms with E-state index in [1.165, 1.54) is 10.4 Å².